The number of hydrogen-bond donors (Lipinski definition) is 1. The fourth-order valence-electron chi connectivity index (χ4n) is 2.13. The van der Waals surface area contributed by atoms with Crippen LogP contribution in [0.5, 0.6) is 0 Å². The van der Waals surface area contributed by atoms with Gasteiger partial charge in [-0.25, -0.2) is 4.98 Å². The summed E-state index contributed by atoms with van der Waals surface area (Å²) in [5, 5.41) is 3.55. The maximum absolute atomic E-state index is 4.23. The first-order valence-corrected chi connectivity index (χ1v) is 7.37. The van der Waals surface area contributed by atoms with Crippen molar-refractivity contribution < 1.29 is 0 Å². The molecule has 1 atom stereocenters. The van der Waals surface area contributed by atoms with E-state index in [2.05, 4.69) is 69.8 Å². The third-order valence-corrected chi connectivity index (χ3v) is 3.99. The first-order valence-electron chi connectivity index (χ1n) is 6.58. The molecule has 2 rings (SSSR count). The van der Waals surface area contributed by atoms with Crippen LogP contribution in [0.1, 0.15) is 44.1 Å². The molecule has 0 aliphatic carbocycles. The highest BCUT2D eigenvalue weighted by Crippen LogP contribution is 2.23. The summed E-state index contributed by atoms with van der Waals surface area (Å²) in [6.45, 7) is 7.33. The molecule has 1 aromatic heterocycles. The summed E-state index contributed by atoms with van der Waals surface area (Å²) in [5.41, 5.74) is 2.49. The topological polar surface area (TPSA) is 29.9 Å². The van der Waals surface area contributed by atoms with Gasteiger partial charge in [0.25, 0.3) is 0 Å². The van der Waals surface area contributed by atoms with Gasteiger partial charge in [0.15, 0.2) is 0 Å². The molecular weight excluding hydrogens is 302 g/mol. The summed E-state index contributed by atoms with van der Waals surface area (Å²) in [7, 11) is 0. The lowest BCUT2D eigenvalue weighted by Crippen LogP contribution is -2.20. The molecular formula is C15H20BrN3. The Hall–Kier alpha value is -1.13. The van der Waals surface area contributed by atoms with Crippen molar-refractivity contribution in [1.82, 2.24) is 14.9 Å². The molecule has 3 nitrogen and oxygen atoms in total. The quantitative estimate of drug-likeness (QED) is 0.899. The average molecular weight is 322 g/mol. The van der Waals surface area contributed by atoms with Gasteiger partial charge in [-0.05, 0) is 32.4 Å². The number of imidazole rings is 1. The van der Waals surface area contributed by atoms with Crippen molar-refractivity contribution in [2.45, 2.75) is 39.4 Å². The zero-order chi connectivity index (χ0) is 13.8. The van der Waals surface area contributed by atoms with Gasteiger partial charge in [0.2, 0.25) is 0 Å². The van der Waals surface area contributed by atoms with E-state index in [0.717, 1.165) is 11.0 Å². The molecule has 1 N–H and O–H groups in total. The Morgan fingerprint density at radius 2 is 2.00 bits per heavy atom. The lowest BCUT2D eigenvalue weighted by Gasteiger charge is -2.17. The van der Waals surface area contributed by atoms with E-state index in [1.165, 1.54) is 11.3 Å². The number of rotatable bonds is 5. The van der Waals surface area contributed by atoms with Crippen molar-refractivity contribution in [2.75, 3.05) is 0 Å². The Morgan fingerprint density at radius 1 is 1.26 bits per heavy atom. The van der Waals surface area contributed by atoms with Crippen LogP contribution in [-0.4, -0.2) is 9.55 Å². The molecule has 19 heavy (non-hydrogen) atoms. The van der Waals surface area contributed by atoms with E-state index in [-0.39, 0.29) is 0 Å². The van der Waals surface area contributed by atoms with Crippen LogP contribution in [0, 0.1) is 0 Å². The fourth-order valence-corrected chi connectivity index (χ4v) is 2.76. The molecule has 0 aliphatic heterocycles. The Kier molecular flexibility index (Phi) is 4.77. The summed E-state index contributed by atoms with van der Waals surface area (Å²) in [4.78, 5) is 4.23. The van der Waals surface area contributed by atoms with Crippen LogP contribution in [0.2, 0.25) is 0 Å². The normalized spacial score (nSPS) is 12.9. The van der Waals surface area contributed by atoms with Crippen molar-refractivity contribution in [3.05, 3.63) is 52.5 Å². The maximum Gasteiger partial charge on any atom is 0.0951 e. The molecule has 4 heteroatoms. The van der Waals surface area contributed by atoms with E-state index in [1.807, 2.05) is 18.6 Å². The van der Waals surface area contributed by atoms with Gasteiger partial charge < -0.3 is 9.88 Å². The highest BCUT2D eigenvalue weighted by molar-refractivity contribution is 9.10. The Labute approximate surface area is 123 Å². The second kappa shape index (κ2) is 6.35. The fraction of sp³-hybridized carbons (Fsp3) is 0.400. The Morgan fingerprint density at radius 3 is 2.68 bits per heavy atom. The number of aromatic nitrogens is 2. The van der Waals surface area contributed by atoms with E-state index < -0.39 is 0 Å². The van der Waals surface area contributed by atoms with E-state index in [1.54, 1.807) is 0 Å². The van der Waals surface area contributed by atoms with Gasteiger partial charge in [0, 0.05) is 29.3 Å². The van der Waals surface area contributed by atoms with Crippen molar-refractivity contribution in [3.63, 3.8) is 0 Å². The van der Waals surface area contributed by atoms with Gasteiger partial charge in [-0.3, -0.25) is 0 Å². The van der Waals surface area contributed by atoms with Crippen molar-refractivity contribution in [3.8, 4) is 0 Å². The van der Waals surface area contributed by atoms with E-state index in [0.29, 0.717) is 12.1 Å². The van der Waals surface area contributed by atoms with Crippen molar-refractivity contribution in [2.24, 2.45) is 0 Å². The third kappa shape index (κ3) is 3.45. The molecule has 0 fully saturated rings. The second-order valence-corrected chi connectivity index (χ2v) is 5.86. The van der Waals surface area contributed by atoms with Gasteiger partial charge >= 0.3 is 0 Å². The SMILES string of the molecule is CC(NCc1cncn1C(C)C)c1ccccc1Br. The zero-order valence-corrected chi connectivity index (χ0v) is 13.2. The van der Waals surface area contributed by atoms with Gasteiger partial charge in [-0.1, -0.05) is 34.1 Å². The summed E-state index contributed by atoms with van der Waals surface area (Å²) in [5.74, 6) is 0. The lowest BCUT2D eigenvalue weighted by atomic mass is 10.1. The number of nitrogens with zero attached hydrogens (tertiary/aromatic N) is 2. The predicted molar refractivity (Wildman–Crippen MR) is 82.0 cm³/mol. The largest absolute Gasteiger partial charge is 0.331 e. The molecule has 102 valence electrons. The highest BCUT2D eigenvalue weighted by atomic mass is 79.9. The standard InChI is InChI=1S/C15H20BrN3/c1-11(2)19-10-17-8-13(19)9-18-12(3)14-6-4-5-7-15(14)16/h4-8,10-12,18H,9H2,1-3H3. The summed E-state index contributed by atoms with van der Waals surface area (Å²) in [6, 6.07) is 9.06. The molecule has 0 spiro atoms. The molecule has 1 aromatic carbocycles. The molecule has 1 unspecified atom stereocenters. The molecule has 0 bridgehead atoms. The molecule has 0 amide bonds. The minimum absolute atomic E-state index is 0.297. The number of hydrogen-bond acceptors (Lipinski definition) is 2. The van der Waals surface area contributed by atoms with Crippen LogP contribution in [0.4, 0.5) is 0 Å². The van der Waals surface area contributed by atoms with Crippen LogP contribution >= 0.6 is 15.9 Å². The number of nitrogens with one attached hydrogen (secondary N) is 1. The minimum atomic E-state index is 0.297. The van der Waals surface area contributed by atoms with Gasteiger partial charge in [-0.15, -0.1) is 0 Å². The van der Waals surface area contributed by atoms with Crippen molar-refractivity contribution >= 4 is 15.9 Å². The summed E-state index contributed by atoms with van der Waals surface area (Å²) in [6.07, 6.45) is 3.82. The molecule has 2 aromatic rings. The van der Waals surface area contributed by atoms with E-state index in [9.17, 15) is 0 Å². The predicted octanol–water partition coefficient (Wildman–Crippen LogP) is 4.08. The molecule has 0 aliphatic rings. The Balaban J connectivity index is 2.03. The van der Waals surface area contributed by atoms with Crippen LogP contribution in [0.15, 0.2) is 41.3 Å². The first-order chi connectivity index (χ1) is 9.09. The van der Waals surface area contributed by atoms with E-state index in [4.69, 9.17) is 0 Å². The maximum atomic E-state index is 4.23. The molecule has 0 saturated heterocycles. The zero-order valence-electron chi connectivity index (χ0n) is 11.6. The van der Waals surface area contributed by atoms with Crippen LogP contribution < -0.4 is 5.32 Å². The van der Waals surface area contributed by atoms with Crippen LogP contribution in [0.3, 0.4) is 0 Å². The summed E-state index contributed by atoms with van der Waals surface area (Å²) < 4.78 is 3.34. The molecule has 0 saturated carbocycles. The van der Waals surface area contributed by atoms with E-state index >= 15 is 0 Å². The molecule has 1 heterocycles. The summed E-state index contributed by atoms with van der Waals surface area (Å²) >= 11 is 3.60. The van der Waals surface area contributed by atoms with Gasteiger partial charge in [-0.2, -0.15) is 0 Å². The van der Waals surface area contributed by atoms with Gasteiger partial charge in [0.05, 0.1) is 12.0 Å². The first kappa shape index (κ1) is 14.3. The molecule has 0 radical (unpaired) electrons. The lowest BCUT2D eigenvalue weighted by molar-refractivity contribution is 0.517. The van der Waals surface area contributed by atoms with Crippen LogP contribution in [-0.2, 0) is 6.54 Å². The third-order valence-electron chi connectivity index (χ3n) is 3.26. The van der Waals surface area contributed by atoms with Gasteiger partial charge in [0.1, 0.15) is 0 Å². The number of benzene rings is 1. The average Bonchev–Trinajstić information content (AvgIpc) is 2.85. The Bertz CT molecular complexity index is 534. The highest BCUT2D eigenvalue weighted by Gasteiger charge is 2.10. The number of halogens is 1. The monoisotopic (exact) mass is 321 g/mol. The second-order valence-electron chi connectivity index (χ2n) is 5.01. The minimum Gasteiger partial charge on any atom is -0.331 e. The van der Waals surface area contributed by atoms with Crippen LogP contribution in [0.25, 0.3) is 0 Å². The smallest absolute Gasteiger partial charge is 0.0951 e. The van der Waals surface area contributed by atoms with Crippen molar-refractivity contribution in [1.29, 1.82) is 0 Å².